The lowest BCUT2D eigenvalue weighted by Crippen LogP contribution is -2.22. The summed E-state index contributed by atoms with van der Waals surface area (Å²) in [5.41, 5.74) is 1.98. The summed E-state index contributed by atoms with van der Waals surface area (Å²) in [6, 6.07) is 5.35. The van der Waals surface area contributed by atoms with E-state index in [1.807, 2.05) is 0 Å². The molecule has 2 amide bonds. The molecule has 0 bridgehead atoms. The Morgan fingerprint density at radius 2 is 1.92 bits per heavy atom. The Bertz CT molecular complexity index is 783. The van der Waals surface area contributed by atoms with E-state index in [0.29, 0.717) is 22.0 Å². The van der Waals surface area contributed by atoms with Gasteiger partial charge in [0, 0.05) is 17.5 Å². The molecule has 2 aromatic rings. The maximum Gasteiger partial charge on any atom is 0.256 e. The highest BCUT2D eigenvalue weighted by atomic mass is 32.1. The van der Waals surface area contributed by atoms with Crippen molar-refractivity contribution in [2.75, 3.05) is 12.4 Å². The van der Waals surface area contributed by atoms with Crippen LogP contribution in [0.5, 0.6) is 0 Å². The Morgan fingerprint density at radius 3 is 2.58 bits per heavy atom. The third-order valence-corrected chi connectivity index (χ3v) is 5.47. The number of rotatable bonds is 3. The summed E-state index contributed by atoms with van der Waals surface area (Å²) in [7, 11) is 1.59. The van der Waals surface area contributed by atoms with Crippen molar-refractivity contribution in [3.05, 3.63) is 51.7 Å². The van der Waals surface area contributed by atoms with Crippen LogP contribution in [0, 0.1) is 11.7 Å². The fourth-order valence-electron chi connectivity index (χ4n) is 2.98. The maximum atomic E-state index is 13.0. The van der Waals surface area contributed by atoms with Crippen LogP contribution in [0.3, 0.4) is 0 Å². The van der Waals surface area contributed by atoms with Crippen molar-refractivity contribution in [2.45, 2.75) is 26.2 Å². The molecule has 0 unspecified atom stereocenters. The smallest absolute Gasteiger partial charge is 0.256 e. The molecule has 24 heavy (non-hydrogen) atoms. The number of nitrogens with one attached hydrogen (secondary N) is 2. The van der Waals surface area contributed by atoms with Crippen LogP contribution in [0.4, 0.5) is 9.39 Å². The van der Waals surface area contributed by atoms with E-state index in [4.69, 9.17) is 0 Å². The van der Waals surface area contributed by atoms with Gasteiger partial charge in [-0.1, -0.05) is 6.92 Å². The first-order chi connectivity index (χ1) is 11.5. The lowest BCUT2D eigenvalue weighted by atomic mass is 9.88. The van der Waals surface area contributed by atoms with E-state index in [1.165, 1.54) is 40.5 Å². The Hall–Kier alpha value is -2.21. The number of carbonyl (C=O) groups excluding carboxylic acids is 2. The van der Waals surface area contributed by atoms with Gasteiger partial charge in [-0.2, -0.15) is 0 Å². The Balaban J connectivity index is 1.93. The molecule has 0 radical (unpaired) electrons. The molecule has 126 valence electrons. The first kappa shape index (κ1) is 16.6. The van der Waals surface area contributed by atoms with E-state index in [2.05, 4.69) is 17.6 Å². The number of hydrogen-bond donors (Lipinski definition) is 2. The lowest BCUT2D eigenvalue weighted by molar-refractivity contribution is 0.0963. The van der Waals surface area contributed by atoms with Crippen LogP contribution in [0.15, 0.2) is 24.3 Å². The first-order valence-electron chi connectivity index (χ1n) is 7.93. The van der Waals surface area contributed by atoms with Crippen molar-refractivity contribution in [3.8, 4) is 0 Å². The number of fused-ring (bicyclic) bond motifs is 1. The Morgan fingerprint density at radius 1 is 1.21 bits per heavy atom. The summed E-state index contributed by atoms with van der Waals surface area (Å²) in [6.45, 7) is 2.19. The number of carbonyl (C=O) groups is 2. The second kappa shape index (κ2) is 6.73. The normalized spacial score (nSPS) is 16.4. The minimum Gasteiger partial charge on any atom is -0.355 e. The number of halogens is 1. The Kier molecular flexibility index (Phi) is 4.66. The summed E-state index contributed by atoms with van der Waals surface area (Å²) in [4.78, 5) is 25.9. The zero-order valence-corrected chi connectivity index (χ0v) is 14.4. The molecule has 1 atom stereocenters. The van der Waals surface area contributed by atoms with Crippen LogP contribution < -0.4 is 10.6 Å². The second-order valence-electron chi connectivity index (χ2n) is 6.10. The molecule has 3 rings (SSSR count). The van der Waals surface area contributed by atoms with E-state index in [-0.39, 0.29) is 11.8 Å². The van der Waals surface area contributed by atoms with Gasteiger partial charge in [-0.25, -0.2) is 4.39 Å². The van der Waals surface area contributed by atoms with Crippen LogP contribution in [0.25, 0.3) is 0 Å². The molecule has 1 aliphatic carbocycles. The number of amides is 2. The monoisotopic (exact) mass is 346 g/mol. The minimum atomic E-state index is -0.391. The average Bonchev–Trinajstić information content (AvgIpc) is 2.91. The zero-order valence-electron chi connectivity index (χ0n) is 13.6. The molecular formula is C18H19FN2O2S. The van der Waals surface area contributed by atoms with Crippen molar-refractivity contribution in [3.63, 3.8) is 0 Å². The Labute approximate surface area is 144 Å². The average molecular weight is 346 g/mol. The molecule has 1 aromatic heterocycles. The topological polar surface area (TPSA) is 58.2 Å². The van der Waals surface area contributed by atoms with Crippen molar-refractivity contribution in [1.82, 2.24) is 5.32 Å². The minimum absolute atomic E-state index is 0.184. The van der Waals surface area contributed by atoms with Crippen LogP contribution in [0.1, 0.15) is 44.5 Å². The maximum absolute atomic E-state index is 13.0. The van der Waals surface area contributed by atoms with E-state index >= 15 is 0 Å². The number of thiophene rings is 1. The fourth-order valence-corrected chi connectivity index (χ4v) is 4.38. The van der Waals surface area contributed by atoms with Gasteiger partial charge in [0.25, 0.3) is 11.8 Å². The van der Waals surface area contributed by atoms with Gasteiger partial charge in [0.2, 0.25) is 0 Å². The predicted molar refractivity (Wildman–Crippen MR) is 93.3 cm³/mol. The summed E-state index contributed by atoms with van der Waals surface area (Å²) in [6.07, 6.45) is 2.82. The molecule has 1 heterocycles. The van der Waals surface area contributed by atoms with E-state index in [0.717, 1.165) is 24.8 Å². The van der Waals surface area contributed by atoms with Crippen LogP contribution in [-0.2, 0) is 12.8 Å². The van der Waals surface area contributed by atoms with Gasteiger partial charge < -0.3 is 10.6 Å². The lowest BCUT2D eigenvalue weighted by Gasteiger charge is -2.18. The third kappa shape index (κ3) is 3.19. The number of hydrogen-bond acceptors (Lipinski definition) is 3. The molecule has 0 saturated carbocycles. The van der Waals surface area contributed by atoms with Crippen molar-refractivity contribution < 1.29 is 14.0 Å². The fraction of sp³-hybridized carbons (Fsp3) is 0.333. The molecule has 4 nitrogen and oxygen atoms in total. The van der Waals surface area contributed by atoms with Gasteiger partial charge in [0.15, 0.2) is 0 Å². The van der Waals surface area contributed by atoms with Gasteiger partial charge in [-0.15, -0.1) is 11.3 Å². The summed E-state index contributed by atoms with van der Waals surface area (Å²) in [5, 5.41) is 6.06. The molecule has 0 aliphatic heterocycles. The van der Waals surface area contributed by atoms with Crippen molar-refractivity contribution >= 4 is 28.2 Å². The van der Waals surface area contributed by atoms with E-state index in [1.54, 1.807) is 7.05 Å². The van der Waals surface area contributed by atoms with Gasteiger partial charge in [0.05, 0.1) is 5.56 Å². The third-order valence-electron chi connectivity index (χ3n) is 4.30. The highest BCUT2D eigenvalue weighted by Crippen LogP contribution is 2.39. The highest BCUT2D eigenvalue weighted by Gasteiger charge is 2.28. The quantitative estimate of drug-likeness (QED) is 0.892. The zero-order chi connectivity index (χ0) is 17.3. The molecule has 0 spiro atoms. The van der Waals surface area contributed by atoms with Crippen molar-refractivity contribution in [2.24, 2.45) is 5.92 Å². The molecule has 6 heteroatoms. The van der Waals surface area contributed by atoms with Gasteiger partial charge in [0.1, 0.15) is 10.8 Å². The van der Waals surface area contributed by atoms with Crippen molar-refractivity contribution in [1.29, 1.82) is 0 Å². The second-order valence-corrected chi connectivity index (χ2v) is 7.20. The summed E-state index contributed by atoms with van der Waals surface area (Å²) < 4.78 is 13.0. The number of anilines is 1. The van der Waals surface area contributed by atoms with Gasteiger partial charge in [-0.05, 0) is 55.0 Å². The van der Waals surface area contributed by atoms with Crippen LogP contribution in [0.2, 0.25) is 0 Å². The number of benzene rings is 1. The SMILES string of the molecule is CNC(=O)c1c(NC(=O)c2ccc(F)cc2)sc2c1CC[C@H](C)C2. The molecule has 1 aliphatic rings. The first-order valence-corrected chi connectivity index (χ1v) is 8.74. The van der Waals surface area contributed by atoms with Crippen LogP contribution in [-0.4, -0.2) is 18.9 Å². The molecule has 1 aromatic carbocycles. The largest absolute Gasteiger partial charge is 0.355 e. The molecule has 0 saturated heterocycles. The molecular weight excluding hydrogens is 327 g/mol. The van der Waals surface area contributed by atoms with Gasteiger partial charge in [-0.3, -0.25) is 9.59 Å². The van der Waals surface area contributed by atoms with E-state index in [9.17, 15) is 14.0 Å². The van der Waals surface area contributed by atoms with E-state index < -0.39 is 5.82 Å². The van der Waals surface area contributed by atoms with Crippen LogP contribution >= 0.6 is 11.3 Å². The standard InChI is InChI=1S/C18H19FN2O2S/c1-10-3-8-13-14(9-10)24-18(15(13)17(23)20-2)21-16(22)11-4-6-12(19)7-5-11/h4-7,10H,3,8-9H2,1-2H3,(H,20,23)(H,21,22)/t10-/m0/s1. The molecule has 0 fully saturated rings. The molecule has 2 N–H and O–H groups in total. The summed E-state index contributed by atoms with van der Waals surface area (Å²) in [5.74, 6) is -0.337. The highest BCUT2D eigenvalue weighted by molar-refractivity contribution is 7.17. The van der Waals surface area contributed by atoms with Gasteiger partial charge >= 0.3 is 0 Å². The predicted octanol–water partition coefficient (Wildman–Crippen LogP) is 3.62. The summed E-state index contributed by atoms with van der Waals surface area (Å²) >= 11 is 1.47.